The molecule has 110 valence electrons. The number of nitrogens with one attached hydrogen (secondary N) is 2. The molecule has 5 nitrogen and oxygen atoms in total. The Balaban J connectivity index is 2.73. The summed E-state index contributed by atoms with van der Waals surface area (Å²) in [6, 6.07) is 1.82. The first-order valence-corrected chi connectivity index (χ1v) is 6.47. The maximum Gasteiger partial charge on any atom is 0.326 e. The molecule has 0 saturated heterocycles. The third-order valence-corrected chi connectivity index (χ3v) is 3.10. The van der Waals surface area contributed by atoms with E-state index in [2.05, 4.69) is 10.6 Å². The molecule has 0 aliphatic rings. The molecule has 0 radical (unpaired) electrons. The number of benzene rings is 1. The van der Waals surface area contributed by atoms with E-state index in [-0.39, 0.29) is 16.6 Å². The van der Waals surface area contributed by atoms with E-state index in [4.69, 9.17) is 16.7 Å². The number of halogens is 2. The molecule has 0 aliphatic carbocycles. The number of carboxylic acids is 1. The number of carbonyl (C=O) groups excluding carboxylic acids is 1. The van der Waals surface area contributed by atoms with Crippen molar-refractivity contribution in [3.05, 3.63) is 29.0 Å². The highest BCUT2D eigenvalue weighted by Gasteiger charge is 2.25. The largest absolute Gasteiger partial charge is 0.480 e. The fourth-order valence-corrected chi connectivity index (χ4v) is 1.84. The van der Waals surface area contributed by atoms with E-state index in [0.29, 0.717) is 6.42 Å². The number of hydrogen-bond donors (Lipinski definition) is 3. The topological polar surface area (TPSA) is 78.4 Å². The van der Waals surface area contributed by atoms with E-state index in [1.165, 1.54) is 6.07 Å². The Labute approximate surface area is 121 Å². The molecule has 1 rings (SSSR count). The first-order valence-electron chi connectivity index (χ1n) is 6.10. The molecule has 2 atom stereocenters. The number of carboxylic acid groups (broad SMARTS) is 1. The van der Waals surface area contributed by atoms with Gasteiger partial charge >= 0.3 is 12.0 Å². The molecule has 0 saturated carbocycles. The van der Waals surface area contributed by atoms with Crippen molar-refractivity contribution in [2.45, 2.75) is 26.3 Å². The smallest absolute Gasteiger partial charge is 0.326 e. The minimum atomic E-state index is -1.12. The van der Waals surface area contributed by atoms with Crippen molar-refractivity contribution in [3.8, 4) is 0 Å². The zero-order chi connectivity index (χ0) is 15.3. The molecule has 0 heterocycles. The third-order valence-electron chi connectivity index (χ3n) is 2.89. The maximum atomic E-state index is 13.1. The molecule has 0 bridgehead atoms. The Bertz CT molecular complexity index is 490. The molecule has 0 spiro atoms. The minimum Gasteiger partial charge on any atom is -0.480 e. The second-order valence-electron chi connectivity index (χ2n) is 4.46. The lowest BCUT2D eigenvalue weighted by Gasteiger charge is -2.20. The Kier molecular flexibility index (Phi) is 5.76. The summed E-state index contributed by atoms with van der Waals surface area (Å²) < 4.78 is 13.1. The average molecular weight is 303 g/mol. The number of amides is 2. The fraction of sp³-hybridized carbons (Fsp3) is 0.385. The summed E-state index contributed by atoms with van der Waals surface area (Å²) in [5, 5.41) is 13.9. The van der Waals surface area contributed by atoms with Gasteiger partial charge in [-0.05, 0) is 24.1 Å². The minimum absolute atomic E-state index is 0.136. The van der Waals surface area contributed by atoms with Gasteiger partial charge in [0.1, 0.15) is 11.9 Å². The van der Waals surface area contributed by atoms with Gasteiger partial charge in [0.25, 0.3) is 0 Å². The van der Waals surface area contributed by atoms with Gasteiger partial charge in [-0.15, -0.1) is 0 Å². The van der Waals surface area contributed by atoms with E-state index in [9.17, 15) is 14.0 Å². The van der Waals surface area contributed by atoms with Crippen molar-refractivity contribution in [2.75, 3.05) is 5.32 Å². The summed E-state index contributed by atoms with van der Waals surface area (Å²) >= 11 is 5.66. The lowest BCUT2D eigenvalue weighted by Crippen LogP contribution is -2.46. The van der Waals surface area contributed by atoms with Crippen LogP contribution in [0.2, 0.25) is 5.02 Å². The SMILES string of the molecule is CCC(C)C(NC(=O)Nc1cc(F)cc(Cl)c1)C(=O)O. The van der Waals surface area contributed by atoms with Crippen LogP contribution >= 0.6 is 11.6 Å². The van der Waals surface area contributed by atoms with Gasteiger partial charge in [0.2, 0.25) is 0 Å². The molecule has 7 heteroatoms. The van der Waals surface area contributed by atoms with Crippen molar-refractivity contribution in [3.63, 3.8) is 0 Å². The molecule has 2 unspecified atom stereocenters. The lowest BCUT2D eigenvalue weighted by molar-refractivity contribution is -0.140. The molecular formula is C13H16ClFN2O3. The molecule has 3 N–H and O–H groups in total. The highest BCUT2D eigenvalue weighted by atomic mass is 35.5. The molecule has 1 aromatic rings. The van der Waals surface area contributed by atoms with Crippen LogP contribution in [0.5, 0.6) is 0 Å². The first kappa shape index (κ1) is 16.2. The fourth-order valence-electron chi connectivity index (χ4n) is 1.62. The number of anilines is 1. The van der Waals surface area contributed by atoms with Crippen LogP contribution in [-0.2, 0) is 4.79 Å². The van der Waals surface area contributed by atoms with Gasteiger partial charge in [-0.1, -0.05) is 31.9 Å². The van der Waals surface area contributed by atoms with Gasteiger partial charge in [0.05, 0.1) is 0 Å². The van der Waals surface area contributed by atoms with E-state index in [1.54, 1.807) is 6.92 Å². The van der Waals surface area contributed by atoms with Gasteiger partial charge in [-0.3, -0.25) is 0 Å². The van der Waals surface area contributed by atoms with Crippen molar-refractivity contribution < 1.29 is 19.1 Å². The van der Waals surface area contributed by atoms with Crippen LogP contribution in [0.4, 0.5) is 14.9 Å². The normalized spacial score (nSPS) is 13.4. The Morgan fingerprint density at radius 1 is 1.40 bits per heavy atom. The standard InChI is InChI=1S/C13H16ClFN2O3/c1-3-7(2)11(12(18)19)17-13(20)16-10-5-8(14)4-9(15)6-10/h4-7,11H,3H2,1-2H3,(H,18,19)(H2,16,17,20). The van der Waals surface area contributed by atoms with Crippen molar-refractivity contribution in [2.24, 2.45) is 5.92 Å². The number of hydrogen-bond acceptors (Lipinski definition) is 2. The maximum absolute atomic E-state index is 13.1. The summed E-state index contributed by atoms with van der Waals surface area (Å²) in [4.78, 5) is 22.8. The zero-order valence-corrected chi connectivity index (χ0v) is 11.9. The second kappa shape index (κ2) is 7.09. The molecular weight excluding hydrogens is 287 g/mol. The van der Waals surface area contributed by atoms with Gasteiger partial charge in [-0.25, -0.2) is 14.0 Å². The van der Waals surface area contributed by atoms with Crippen molar-refractivity contribution in [1.82, 2.24) is 5.32 Å². The van der Waals surface area contributed by atoms with Crippen molar-refractivity contribution >= 4 is 29.3 Å². The van der Waals surface area contributed by atoms with Gasteiger partial charge in [0, 0.05) is 10.7 Å². The molecule has 20 heavy (non-hydrogen) atoms. The van der Waals surface area contributed by atoms with Crippen LogP contribution < -0.4 is 10.6 Å². The predicted molar refractivity (Wildman–Crippen MR) is 74.4 cm³/mol. The summed E-state index contributed by atoms with van der Waals surface area (Å²) in [6.07, 6.45) is 0.600. The summed E-state index contributed by atoms with van der Waals surface area (Å²) in [5.74, 6) is -1.94. The summed E-state index contributed by atoms with van der Waals surface area (Å²) in [6.45, 7) is 3.55. The Hall–Kier alpha value is -1.82. The molecule has 1 aromatic carbocycles. The number of aliphatic carboxylic acids is 1. The molecule has 0 fully saturated rings. The van der Waals surface area contributed by atoms with E-state index in [0.717, 1.165) is 12.1 Å². The van der Waals surface area contributed by atoms with E-state index < -0.39 is 23.9 Å². The third kappa shape index (κ3) is 4.70. The van der Waals surface area contributed by atoms with E-state index >= 15 is 0 Å². The lowest BCUT2D eigenvalue weighted by atomic mass is 9.99. The predicted octanol–water partition coefficient (Wildman–Crippen LogP) is 3.10. The van der Waals surface area contributed by atoms with Crippen LogP contribution in [0, 0.1) is 11.7 Å². The van der Waals surface area contributed by atoms with Crippen LogP contribution in [0.25, 0.3) is 0 Å². The van der Waals surface area contributed by atoms with Gasteiger partial charge in [-0.2, -0.15) is 0 Å². The van der Waals surface area contributed by atoms with E-state index in [1.807, 2.05) is 6.92 Å². The Morgan fingerprint density at radius 2 is 2.05 bits per heavy atom. The highest BCUT2D eigenvalue weighted by molar-refractivity contribution is 6.30. The zero-order valence-electron chi connectivity index (χ0n) is 11.1. The first-order chi connectivity index (χ1) is 9.33. The number of urea groups is 1. The number of carbonyl (C=O) groups is 2. The monoisotopic (exact) mass is 302 g/mol. The molecule has 2 amide bonds. The van der Waals surface area contributed by atoms with Crippen LogP contribution in [0.3, 0.4) is 0 Å². The Morgan fingerprint density at radius 3 is 2.55 bits per heavy atom. The van der Waals surface area contributed by atoms with Crippen LogP contribution in [0.1, 0.15) is 20.3 Å². The van der Waals surface area contributed by atoms with Crippen molar-refractivity contribution in [1.29, 1.82) is 0 Å². The van der Waals surface area contributed by atoms with Gasteiger partial charge in [0.15, 0.2) is 0 Å². The average Bonchev–Trinajstić information content (AvgIpc) is 2.33. The molecule has 0 aromatic heterocycles. The van der Waals surface area contributed by atoms with Gasteiger partial charge < -0.3 is 15.7 Å². The van der Waals surface area contributed by atoms with Crippen LogP contribution in [0.15, 0.2) is 18.2 Å². The quantitative estimate of drug-likeness (QED) is 0.782. The summed E-state index contributed by atoms with van der Waals surface area (Å²) in [7, 11) is 0. The number of rotatable bonds is 5. The second-order valence-corrected chi connectivity index (χ2v) is 4.89. The van der Waals surface area contributed by atoms with Crippen LogP contribution in [-0.4, -0.2) is 23.1 Å². The summed E-state index contributed by atoms with van der Waals surface area (Å²) in [5.41, 5.74) is 0.154. The molecule has 0 aliphatic heterocycles. The highest BCUT2D eigenvalue weighted by Crippen LogP contribution is 2.18.